The molecule has 0 aromatic heterocycles. The number of nitrogens with zero attached hydrogens (tertiary/aromatic N) is 2. The van der Waals surface area contributed by atoms with Gasteiger partial charge >= 0.3 is 0 Å². The summed E-state index contributed by atoms with van der Waals surface area (Å²) in [5.41, 5.74) is 1.38. The van der Waals surface area contributed by atoms with Gasteiger partial charge in [-0.3, -0.25) is 14.7 Å². The van der Waals surface area contributed by atoms with Gasteiger partial charge in [0, 0.05) is 44.7 Å². The van der Waals surface area contributed by atoms with E-state index in [9.17, 15) is 4.79 Å². The molecule has 1 saturated heterocycles. The lowest BCUT2D eigenvalue weighted by Crippen LogP contribution is -2.48. The van der Waals surface area contributed by atoms with Crippen LogP contribution in [0.2, 0.25) is 0 Å². The average Bonchev–Trinajstić information content (AvgIpc) is 2.77. The van der Waals surface area contributed by atoms with E-state index in [1.165, 1.54) is 24.8 Å². The van der Waals surface area contributed by atoms with E-state index in [0.717, 1.165) is 57.8 Å². The van der Waals surface area contributed by atoms with Crippen LogP contribution in [-0.2, 0) is 11.3 Å². The Balaban J connectivity index is 1.37. The minimum absolute atomic E-state index is 0.135. The molecule has 166 valence electrons. The second kappa shape index (κ2) is 12.6. The maximum Gasteiger partial charge on any atom is 0.222 e. The number of likely N-dealkylation sites (tertiary alicyclic amines) is 1. The van der Waals surface area contributed by atoms with E-state index in [-0.39, 0.29) is 5.91 Å². The molecule has 2 aliphatic rings. The lowest BCUT2D eigenvalue weighted by Gasteiger charge is -2.33. The van der Waals surface area contributed by atoms with Gasteiger partial charge in [0.25, 0.3) is 0 Å². The first-order valence-corrected chi connectivity index (χ1v) is 11.8. The molecule has 0 spiro atoms. The number of benzene rings is 1. The third kappa shape index (κ3) is 7.98. The summed E-state index contributed by atoms with van der Waals surface area (Å²) in [4.78, 5) is 19.4. The molecule has 6 nitrogen and oxygen atoms in total. The number of hydrogen-bond acceptors (Lipinski definition) is 3. The minimum atomic E-state index is 0.135. The van der Waals surface area contributed by atoms with Crippen LogP contribution in [0.25, 0.3) is 0 Å². The third-order valence-corrected chi connectivity index (χ3v) is 6.10. The van der Waals surface area contributed by atoms with Crippen LogP contribution in [0.4, 0.5) is 0 Å². The second-order valence-corrected chi connectivity index (χ2v) is 8.59. The van der Waals surface area contributed by atoms with Gasteiger partial charge in [0.2, 0.25) is 5.91 Å². The van der Waals surface area contributed by atoms with Crippen molar-refractivity contribution in [1.82, 2.24) is 20.9 Å². The number of carbonyl (C=O) groups is 1. The lowest BCUT2D eigenvalue weighted by atomic mass is 9.95. The van der Waals surface area contributed by atoms with E-state index < -0.39 is 0 Å². The van der Waals surface area contributed by atoms with Crippen molar-refractivity contribution in [3.63, 3.8) is 0 Å². The van der Waals surface area contributed by atoms with E-state index in [4.69, 9.17) is 0 Å². The van der Waals surface area contributed by atoms with E-state index >= 15 is 0 Å². The zero-order valence-electron chi connectivity index (χ0n) is 18.5. The molecule has 0 bridgehead atoms. The number of aliphatic imine (C=N–C) groups is 1. The first-order valence-electron chi connectivity index (χ1n) is 11.8. The number of rotatable bonds is 8. The predicted molar refractivity (Wildman–Crippen MR) is 123 cm³/mol. The van der Waals surface area contributed by atoms with Gasteiger partial charge in [-0.05, 0) is 38.2 Å². The molecule has 30 heavy (non-hydrogen) atoms. The Hall–Kier alpha value is -2.08. The van der Waals surface area contributed by atoms with Crippen molar-refractivity contribution < 1.29 is 4.79 Å². The summed E-state index contributed by atoms with van der Waals surface area (Å²) in [6, 6.07) is 11.5. The third-order valence-electron chi connectivity index (χ3n) is 6.10. The fraction of sp³-hybridized carbons (Fsp3) is 0.667. The van der Waals surface area contributed by atoms with E-state index in [1.54, 1.807) is 0 Å². The maximum absolute atomic E-state index is 12.2. The Labute approximate surface area is 181 Å². The lowest BCUT2D eigenvalue weighted by molar-refractivity contribution is -0.121. The number of carbonyl (C=O) groups excluding carboxylic acids is 1. The van der Waals surface area contributed by atoms with Crippen LogP contribution in [0.1, 0.15) is 63.9 Å². The molecule has 1 aliphatic heterocycles. The fourth-order valence-corrected chi connectivity index (χ4v) is 4.41. The number of amides is 1. The molecular weight excluding hydrogens is 374 g/mol. The Bertz CT molecular complexity index is 649. The first kappa shape index (κ1) is 22.6. The van der Waals surface area contributed by atoms with Crippen molar-refractivity contribution in [3.8, 4) is 0 Å². The monoisotopic (exact) mass is 413 g/mol. The molecular formula is C24H39N5O. The van der Waals surface area contributed by atoms with Gasteiger partial charge in [0.1, 0.15) is 0 Å². The summed E-state index contributed by atoms with van der Waals surface area (Å²) in [6.45, 7) is 6.65. The Morgan fingerprint density at radius 2 is 1.70 bits per heavy atom. The molecule has 0 radical (unpaired) electrons. The van der Waals surface area contributed by atoms with Crippen LogP contribution < -0.4 is 16.0 Å². The molecule has 1 heterocycles. The first-order chi connectivity index (χ1) is 14.7. The molecule has 0 atom stereocenters. The van der Waals surface area contributed by atoms with Crippen LogP contribution >= 0.6 is 0 Å². The molecule has 6 heteroatoms. The smallest absolute Gasteiger partial charge is 0.222 e. The summed E-state index contributed by atoms with van der Waals surface area (Å²) < 4.78 is 0. The molecule has 1 aliphatic carbocycles. The van der Waals surface area contributed by atoms with Gasteiger partial charge in [-0.15, -0.1) is 0 Å². The molecule has 1 aromatic carbocycles. The second-order valence-electron chi connectivity index (χ2n) is 8.59. The molecule has 0 unspecified atom stereocenters. The largest absolute Gasteiger partial charge is 0.357 e. The Morgan fingerprint density at radius 1 is 1.00 bits per heavy atom. The van der Waals surface area contributed by atoms with Crippen molar-refractivity contribution >= 4 is 11.9 Å². The Morgan fingerprint density at radius 3 is 2.40 bits per heavy atom. The van der Waals surface area contributed by atoms with Crippen molar-refractivity contribution in [2.45, 2.75) is 76.9 Å². The van der Waals surface area contributed by atoms with Gasteiger partial charge in [-0.2, -0.15) is 0 Å². The predicted octanol–water partition coefficient (Wildman–Crippen LogP) is 3.05. The molecule has 1 amide bonds. The molecule has 3 N–H and O–H groups in total. The average molecular weight is 414 g/mol. The number of nitrogens with one attached hydrogen (secondary N) is 3. The highest BCUT2D eigenvalue weighted by Crippen LogP contribution is 2.17. The van der Waals surface area contributed by atoms with Gasteiger partial charge < -0.3 is 16.0 Å². The van der Waals surface area contributed by atoms with E-state index in [2.05, 4.69) is 63.1 Å². The van der Waals surface area contributed by atoms with Crippen molar-refractivity contribution in [3.05, 3.63) is 35.9 Å². The quantitative estimate of drug-likeness (QED) is 0.453. The van der Waals surface area contributed by atoms with Crippen molar-refractivity contribution in [1.29, 1.82) is 0 Å². The molecule has 1 saturated carbocycles. The van der Waals surface area contributed by atoms with Gasteiger partial charge in [0.15, 0.2) is 5.96 Å². The topological polar surface area (TPSA) is 68.8 Å². The number of guanidine groups is 1. The van der Waals surface area contributed by atoms with Crippen LogP contribution in [0.15, 0.2) is 35.3 Å². The van der Waals surface area contributed by atoms with Crippen LogP contribution in [0.5, 0.6) is 0 Å². The minimum Gasteiger partial charge on any atom is -0.357 e. The fourth-order valence-electron chi connectivity index (χ4n) is 4.41. The summed E-state index contributed by atoms with van der Waals surface area (Å²) in [5, 5.41) is 10.1. The van der Waals surface area contributed by atoms with Gasteiger partial charge in [0.05, 0.1) is 6.54 Å². The number of piperidine rings is 1. The summed E-state index contributed by atoms with van der Waals surface area (Å²) in [6.07, 6.45) is 8.72. The van der Waals surface area contributed by atoms with Crippen LogP contribution in [0, 0.1) is 0 Å². The van der Waals surface area contributed by atoms with Gasteiger partial charge in [-0.25, -0.2) is 0 Å². The summed E-state index contributed by atoms with van der Waals surface area (Å²) >= 11 is 0. The Kier molecular flexibility index (Phi) is 9.48. The number of hydrogen-bond donors (Lipinski definition) is 3. The van der Waals surface area contributed by atoms with Crippen molar-refractivity contribution in [2.24, 2.45) is 4.99 Å². The highest BCUT2D eigenvalue weighted by atomic mass is 16.1. The SMILES string of the molecule is CCNC(=NCCC(=O)NC1CCCCC1)NC1CCN(Cc2ccccc2)CC1. The summed E-state index contributed by atoms with van der Waals surface area (Å²) in [5.74, 6) is 0.972. The maximum atomic E-state index is 12.2. The highest BCUT2D eigenvalue weighted by Gasteiger charge is 2.20. The standard InChI is InChI=1S/C24H39N5O/c1-2-25-24(26-16-13-23(30)27-21-11-7-4-8-12-21)28-22-14-17-29(18-15-22)19-20-9-5-3-6-10-20/h3,5-6,9-10,21-22H,2,4,7-8,11-19H2,1H3,(H,27,30)(H2,25,26,28). The molecule has 2 fully saturated rings. The van der Waals surface area contributed by atoms with Crippen molar-refractivity contribution in [2.75, 3.05) is 26.2 Å². The molecule has 1 aromatic rings. The summed E-state index contributed by atoms with van der Waals surface area (Å²) in [7, 11) is 0. The molecule has 3 rings (SSSR count). The zero-order valence-corrected chi connectivity index (χ0v) is 18.5. The zero-order chi connectivity index (χ0) is 21.0. The van der Waals surface area contributed by atoms with E-state index in [1.807, 2.05) is 0 Å². The normalized spacial score (nSPS) is 19.4. The van der Waals surface area contributed by atoms with Crippen LogP contribution in [0.3, 0.4) is 0 Å². The highest BCUT2D eigenvalue weighted by molar-refractivity contribution is 5.81. The van der Waals surface area contributed by atoms with Gasteiger partial charge in [-0.1, -0.05) is 49.6 Å². The van der Waals surface area contributed by atoms with Crippen LogP contribution in [-0.4, -0.2) is 55.0 Å². The van der Waals surface area contributed by atoms with E-state index in [0.29, 0.717) is 25.0 Å².